The fourth-order valence-electron chi connectivity index (χ4n) is 1.01. The largest absolute Gasteiger partial charge is 0.239 e. The Kier molecular flexibility index (Phi) is 2.96. The first-order chi connectivity index (χ1) is 6.79. The third-order valence-electron chi connectivity index (χ3n) is 1.60. The molecule has 0 saturated carbocycles. The maximum atomic E-state index is 8.51. The van der Waals surface area contributed by atoms with Gasteiger partial charge in [0.25, 0.3) is 0 Å². The summed E-state index contributed by atoms with van der Waals surface area (Å²) in [5, 5.41) is 11.4. The zero-order chi connectivity index (χ0) is 9.97. The lowest BCUT2D eigenvalue weighted by molar-refractivity contribution is 1.16. The van der Waals surface area contributed by atoms with Gasteiger partial charge in [0.15, 0.2) is 0 Å². The summed E-state index contributed by atoms with van der Waals surface area (Å²) in [7, 11) is 0. The van der Waals surface area contributed by atoms with Crippen molar-refractivity contribution in [3.05, 3.63) is 27.0 Å². The SMILES string of the molecule is N#CCc1csc(-c2ccc(Br)s2)n1. The normalized spacial score (nSPS) is 10.0. The first kappa shape index (κ1) is 9.84. The molecule has 0 aliphatic rings. The van der Waals surface area contributed by atoms with Crippen LogP contribution in [-0.4, -0.2) is 4.98 Å². The van der Waals surface area contributed by atoms with Crippen molar-refractivity contribution in [1.29, 1.82) is 5.26 Å². The van der Waals surface area contributed by atoms with E-state index in [1.54, 1.807) is 22.7 Å². The predicted molar refractivity (Wildman–Crippen MR) is 62.4 cm³/mol. The van der Waals surface area contributed by atoms with Crippen LogP contribution in [0.25, 0.3) is 9.88 Å². The highest BCUT2D eigenvalue weighted by atomic mass is 79.9. The van der Waals surface area contributed by atoms with E-state index in [2.05, 4.69) is 27.0 Å². The van der Waals surface area contributed by atoms with Gasteiger partial charge in [-0.25, -0.2) is 4.98 Å². The summed E-state index contributed by atoms with van der Waals surface area (Å²) in [6, 6.07) is 6.13. The van der Waals surface area contributed by atoms with Gasteiger partial charge in [0.05, 0.1) is 26.8 Å². The van der Waals surface area contributed by atoms with Crippen molar-refractivity contribution < 1.29 is 0 Å². The molecule has 0 spiro atoms. The number of thiazole rings is 1. The Morgan fingerprint density at radius 1 is 1.50 bits per heavy atom. The van der Waals surface area contributed by atoms with Gasteiger partial charge >= 0.3 is 0 Å². The number of hydrogen-bond donors (Lipinski definition) is 0. The van der Waals surface area contributed by atoms with Crippen molar-refractivity contribution in [3.63, 3.8) is 0 Å². The van der Waals surface area contributed by atoms with Gasteiger partial charge in [-0.1, -0.05) is 0 Å². The van der Waals surface area contributed by atoms with E-state index in [9.17, 15) is 0 Å². The molecular formula is C9H5BrN2S2. The minimum Gasteiger partial charge on any atom is -0.239 e. The van der Waals surface area contributed by atoms with Gasteiger partial charge in [-0.15, -0.1) is 22.7 Å². The molecular weight excluding hydrogens is 280 g/mol. The number of nitriles is 1. The summed E-state index contributed by atoms with van der Waals surface area (Å²) in [6.07, 6.45) is 0.392. The van der Waals surface area contributed by atoms with Crippen molar-refractivity contribution in [2.75, 3.05) is 0 Å². The highest BCUT2D eigenvalue weighted by Gasteiger charge is 2.06. The molecule has 2 rings (SSSR count). The van der Waals surface area contributed by atoms with Gasteiger partial charge in [0, 0.05) is 5.38 Å². The Labute approximate surface area is 98.0 Å². The van der Waals surface area contributed by atoms with Gasteiger partial charge in [0.2, 0.25) is 0 Å². The Morgan fingerprint density at radius 3 is 3.00 bits per heavy atom. The highest BCUT2D eigenvalue weighted by Crippen LogP contribution is 2.33. The molecule has 0 saturated heterocycles. The van der Waals surface area contributed by atoms with Crippen LogP contribution >= 0.6 is 38.6 Å². The minimum atomic E-state index is 0.392. The second-order valence-corrected chi connectivity index (χ2v) is 5.90. The van der Waals surface area contributed by atoms with E-state index in [0.717, 1.165) is 19.4 Å². The van der Waals surface area contributed by atoms with Crippen LogP contribution in [0.5, 0.6) is 0 Å². The average molecular weight is 285 g/mol. The first-order valence-corrected chi connectivity index (χ1v) is 6.35. The predicted octanol–water partition coefficient (Wildman–Crippen LogP) is 3.70. The molecule has 0 aromatic carbocycles. The first-order valence-electron chi connectivity index (χ1n) is 3.86. The van der Waals surface area contributed by atoms with Crippen LogP contribution < -0.4 is 0 Å². The van der Waals surface area contributed by atoms with E-state index in [-0.39, 0.29) is 0 Å². The Morgan fingerprint density at radius 2 is 2.36 bits per heavy atom. The molecule has 0 atom stereocenters. The maximum absolute atomic E-state index is 8.51. The number of nitrogens with zero attached hydrogens (tertiary/aromatic N) is 2. The van der Waals surface area contributed by atoms with Gasteiger partial charge in [0.1, 0.15) is 5.01 Å². The van der Waals surface area contributed by atoms with E-state index in [4.69, 9.17) is 5.26 Å². The monoisotopic (exact) mass is 284 g/mol. The fraction of sp³-hybridized carbons (Fsp3) is 0.111. The highest BCUT2D eigenvalue weighted by molar-refractivity contribution is 9.11. The van der Waals surface area contributed by atoms with E-state index in [1.165, 1.54) is 0 Å². The summed E-state index contributed by atoms with van der Waals surface area (Å²) < 4.78 is 1.10. The second-order valence-electron chi connectivity index (χ2n) is 2.58. The lowest BCUT2D eigenvalue weighted by Gasteiger charge is -1.86. The Hall–Kier alpha value is -0.700. The topological polar surface area (TPSA) is 36.7 Å². The van der Waals surface area contributed by atoms with E-state index < -0.39 is 0 Å². The molecule has 0 N–H and O–H groups in total. The molecule has 2 aromatic rings. The van der Waals surface area contributed by atoms with Gasteiger partial charge in [-0.2, -0.15) is 5.26 Å². The number of thiophene rings is 1. The molecule has 0 aliphatic heterocycles. The van der Waals surface area contributed by atoms with Crippen LogP contribution in [-0.2, 0) is 6.42 Å². The molecule has 0 fully saturated rings. The number of halogens is 1. The second kappa shape index (κ2) is 4.22. The third-order valence-corrected chi connectivity index (χ3v) is 4.28. The lowest BCUT2D eigenvalue weighted by atomic mass is 10.4. The number of hydrogen-bond acceptors (Lipinski definition) is 4. The van der Waals surface area contributed by atoms with Crippen molar-refractivity contribution in [2.45, 2.75) is 6.42 Å². The molecule has 5 heteroatoms. The molecule has 0 aliphatic carbocycles. The molecule has 2 aromatic heterocycles. The zero-order valence-electron chi connectivity index (χ0n) is 7.03. The quantitative estimate of drug-likeness (QED) is 0.843. The van der Waals surface area contributed by atoms with Crippen molar-refractivity contribution in [1.82, 2.24) is 4.98 Å². The average Bonchev–Trinajstić information content (AvgIpc) is 2.74. The molecule has 2 nitrogen and oxygen atoms in total. The smallest absolute Gasteiger partial charge is 0.133 e. The van der Waals surface area contributed by atoms with Crippen LogP contribution in [0.15, 0.2) is 21.3 Å². The van der Waals surface area contributed by atoms with Crippen molar-refractivity contribution in [2.24, 2.45) is 0 Å². The van der Waals surface area contributed by atoms with Crippen LogP contribution in [0, 0.1) is 11.3 Å². The molecule has 0 bridgehead atoms. The van der Waals surface area contributed by atoms with Crippen LogP contribution in [0.3, 0.4) is 0 Å². The van der Waals surface area contributed by atoms with Gasteiger partial charge in [-0.3, -0.25) is 0 Å². The molecule has 0 unspecified atom stereocenters. The zero-order valence-corrected chi connectivity index (χ0v) is 10.2. The van der Waals surface area contributed by atoms with Crippen LogP contribution in [0.1, 0.15) is 5.69 Å². The Bertz CT molecular complexity index is 481. The summed E-state index contributed by atoms with van der Waals surface area (Å²) in [6.45, 7) is 0. The molecule has 70 valence electrons. The summed E-state index contributed by atoms with van der Waals surface area (Å²) >= 11 is 6.65. The number of rotatable bonds is 2. The van der Waals surface area contributed by atoms with Crippen LogP contribution in [0.4, 0.5) is 0 Å². The van der Waals surface area contributed by atoms with Gasteiger partial charge < -0.3 is 0 Å². The molecule has 0 amide bonds. The summed E-state index contributed by atoms with van der Waals surface area (Å²) in [5.41, 5.74) is 0.858. The fourth-order valence-corrected chi connectivity index (χ4v) is 3.29. The Balaban J connectivity index is 2.30. The van der Waals surface area contributed by atoms with E-state index in [0.29, 0.717) is 6.42 Å². The lowest BCUT2D eigenvalue weighted by Crippen LogP contribution is -1.79. The van der Waals surface area contributed by atoms with Crippen LogP contribution in [0.2, 0.25) is 0 Å². The molecule has 14 heavy (non-hydrogen) atoms. The molecule has 2 heterocycles. The maximum Gasteiger partial charge on any atom is 0.133 e. The van der Waals surface area contributed by atoms with Crippen molar-refractivity contribution in [3.8, 4) is 16.0 Å². The summed E-state index contributed by atoms with van der Waals surface area (Å²) in [4.78, 5) is 5.51. The summed E-state index contributed by atoms with van der Waals surface area (Å²) in [5.74, 6) is 0. The standard InChI is InChI=1S/C9H5BrN2S2/c10-8-2-1-7(14-8)9-12-6(3-4-11)5-13-9/h1-2,5H,3H2. The number of aromatic nitrogens is 1. The van der Waals surface area contributed by atoms with E-state index in [1.807, 2.05) is 17.5 Å². The van der Waals surface area contributed by atoms with Crippen molar-refractivity contribution >= 4 is 38.6 Å². The van der Waals surface area contributed by atoms with E-state index >= 15 is 0 Å². The molecule has 0 radical (unpaired) electrons. The minimum absolute atomic E-state index is 0.392. The third kappa shape index (κ3) is 2.03. The van der Waals surface area contributed by atoms with Gasteiger partial charge in [-0.05, 0) is 28.1 Å².